The first-order valence-electron chi connectivity index (χ1n) is 5.61. The quantitative estimate of drug-likeness (QED) is 0.801. The van der Waals surface area contributed by atoms with E-state index in [2.05, 4.69) is 5.10 Å². The Hall–Kier alpha value is -1.81. The average Bonchev–Trinajstić information content (AvgIpc) is 2.73. The molecule has 0 amide bonds. The van der Waals surface area contributed by atoms with Gasteiger partial charge in [-0.15, -0.1) is 0 Å². The van der Waals surface area contributed by atoms with Crippen LogP contribution in [0.4, 0.5) is 0 Å². The lowest BCUT2D eigenvalue weighted by molar-refractivity contribution is 0.0516. The summed E-state index contributed by atoms with van der Waals surface area (Å²) in [6.07, 6.45) is 0. The van der Waals surface area contributed by atoms with E-state index < -0.39 is 0 Å². The SMILES string of the molecule is CCOC(=O)c1cc(C)nn1-c1ccc(Cl)cc1. The molecule has 0 N–H and O–H groups in total. The highest BCUT2D eigenvalue weighted by molar-refractivity contribution is 6.30. The minimum absolute atomic E-state index is 0.337. The first kappa shape index (κ1) is 12.6. The fourth-order valence-corrected chi connectivity index (χ4v) is 1.76. The van der Waals surface area contributed by atoms with Crippen LogP contribution >= 0.6 is 11.6 Å². The Kier molecular flexibility index (Phi) is 3.67. The van der Waals surface area contributed by atoms with Crippen molar-refractivity contribution >= 4 is 17.6 Å². The molecule has 2 aromatic rings. The largest absolute Gasteiger partial charge is 0.461 e. The predicted molar refractivity (Wildman–Crippen MR) is 69.3 cm³/mol. The zero-order valence-electron chi connectivity index (χ0n) is 10.2. The summed E-state index contributed by atoms with van der Waals surface area (Å²) in [7, 11) is 0. The number of nitrogens with zero attached hydrogens (tertiary/aromatic N) is 2. The van der Waals surface area contributed by atoms with E-state index in [1.54, 1.807) is 41.9 Å². The van der Waals surface area contributed by atoms with E-state index in [1.807, 2.05) is 6.92 Å². The van der Waals surface area contributed by atoms with Gasteiger partial charge in [-0.2, -0.15) is 5.10 Å². The van der Waals surface area contributed by atoms with E-state index >= 15 is 0 Å². The number of esters is 1. The lowest BCUT2D eigenvalue weighted by Crippen LogP contribution is -2.11. The van der Waals surface area contributed by atoms with Crippen molar-refractivity contribution in [2.75, 3.05) is 6.61 Å². The third kappa shape index (κ3) is 2.54. The van der Waals surface area contributed by atoms with Gasteiger partial charge in [-0.05, 0) is 44.2 Å². The highest BCUT2D eigenvalue weighted by Crippen LogP contribution is 2.16. The molecule has 0 fully saturated rings. The molecule has 0 unspecified atom stereocenters. The maximum Gasteiger partial charge on any atom is 0.357 e. The molecular formula is C13H13ClN2O2. The number of carbonyl (C=O) groups is 1. The van der Waals surface area contributed by atoms with Crippen LogP contribution in [0.1, 0.15) is 23.1 Å². The van der Waals surface area contributed by atoms with Gasteiger partial charge in [0.15, 0.2) is 5.69 Å². The Morgan fingerprint density at radius 1 is 1.39 bits per heavy atom. The van der Waals surface area contributed by atoms with Gasteiger partial charge < -0.3 is 4.74 Å². The predicted octanol–water partition coefficient (Wildman–Crippen LogP) is 3.01. The third-order valence-corrected chi connectivity index (χ3v) is 2.64. The number of ether oxygens (including phenoxy) is 1. The molecule has 0 radical (unpaired) electrons. The van der Waals surface area contributed by atoms with E-state index in [0.29, 0.717) is 17.3 Å². The van der Waals surface area contributed by atoms with Gasteiger partial charge in [0.1, 0.15) is 0 Å². The topological polar surface area (TPSA) is 44.1 Å². The molecule has 2 rings (SSSR count). The van der Waals surface area contributed by atoms with Gasteiger partial charge in [0.2, 0.25) is 0 Å². The fraction of sp³-hybridized carbons (Fsp3) is 0.231. The maximum absolute atomic E-state index is 11.8. The molecule has 5 heteroatoms. The Bertz CT molecular complexity index is 561. The van der Waals surface area contributed by atoms with Gasteiger partial charge in [0.25, 0.3) is 0 Å². The molecule has 0 spiro atoms. The van der Waals surface area contributed by atoms with Gasteiger partial charge >= 0.3 is 5.97 Å². The maximum atomic E-state index is 11.8. The van der Waals surface area contributed by atoms with Crippen LogP contribution < -0.4 is 0 Å². The summed E-state index contributed by atoms with van der Waals surface area (Å²) >= 11 is 5.84. The monoisotopic (exact) mass is 264 g/mol. The van der Waals surface area contributed by atoms with E-state index in [4.69, 9.17) is 16.3 Å². The molecule has 1 aromatic heterocycles. The molecule has 0 saturated heterocycles. The lowest BCUT2D eigenvalue weighted by Gasteiger charge is -2.06. The van der Waals surface area contributed by atoms with Crippen molar-refractivity contribution < 1.29 is 9.53 Å². The first-order valence-corrected chi connectivity index (χ1v) is 5.99. The van der Waals surface area contributed by atoms with Gasteiger partial charge in [-0.1, -0.05) is 11.6 Å². The van der Waals surface area contributed by atoms with E-state index in [9.17, 15) is 4.79 Å². The van der Waals surface area contributed by atoms with Crippen LogP contribution in [0, 0.1) is 6.92 Å². The van der Waals surface area contributed by atoms with Crippen LogP contribution in [-0.4, -0.2) is 22.4 Å². The van der Waals surface area contributed by atoms with E-state index in [-0.39, 0.29) is 5.97 Å². The second-order valence-corrected chi connectivity index (χ2v) is 4.22. The van der Waals surface area contributed by atoms with Crippen molar-refractivity contribution in [3.8, 4) is 5.69 Å². The molecular weight excluding hydrogens is 252 g/mol. The molecule has 94 valence electrons. The lowest BCUT2D eigenvalue weighted by atomic mass is 10.3. The Morgan fingerprint density at radius 2 is 2.06 bits per heavy atom. The smallest absolute Gasteiger partial charge is 0.357 e. The summed E-state index contributed by atoms with van der Waals surface area (Å²) in [5, 5.41) is 4.93. The highest BCUT2D eigenvalue weighted by atomic mass is 35.5. The summed E-state index contributed by atoms with van der Waals surface area (Å²) in [5.41, 5.74) is 1.94. The van der Waals surface area contributed by atoms with Crippen LogP contribution in [0.3, 0.4) is 0 Å². The molecule has 0 atom stereocenters. The summed E-state index contributed by atoms with van der Waals surface area (Å²) in [5.74, 6) is -0.381. The second-order valence-electron chi connectivity index (χ2n) is 3.78. The van der Waals surface area contributed by atoms with Crippen molar-refractivity contribution in [2.45, 2.75) is 13.8 Å². The van der Waals surface area contributed by atoms with Gasteiger partial charge in [0, 0.05) is 5.02 Å². The molecule has 0 aliphatic carbocycles. The molecule has 0 aliphatic heterocycles. The standard InChI is InChI=1S/C13H13ClN2O2/c1-3-18-13(17)12-8-9(2)15-16(12)11-6-4-10(14)5-7-11/h4-8H,3H2,1-2H3. The Morgan fingerprint density at radius 3 is 2.67 bits per heavy atom. The number of aryl methyl sites for hydroxylation is 1. The van der Waals surface area contributed by atoms with E-state index in [0.717, 1.165) is 11.4 Å². The van der Waals surface area contributed by atoms with Gasteiger partial charge in [0.05, 0.1) is 18.0 Å². The Labute approximate surface area is 110 Å². The average molecular weight is 265 g/mol. The van der Waals surface area contributed by atoms with Crippen LogP contribution in [-0.2, 0) is 4.74 Å². The van der Waals surface area contributed by atoms with Crippen LogP contribution in [0.2, 0.25) is 5.02 Å². The summed E-state index contributed by atoms with van der Waals surface area (Å²) in [6.45, 7) is 3.94. The van der Waals surface area contributed by atoms with Gasteiger partial charge in [-0.25, -0.2) is 9.48 Å². The number of halogens is 1. The second kappa shape index (κ2) is 5.23. The van der Waals surface area contributed by atoms with Crippen molar-refractivity contribution in [2.24, 2.45) is 0 Å². The normalized spacial score (nSPS) is 10.4. The molecule has 0 aliphatic rings. The Balaban J connectivity index is 2.44. The first-order chi connectivity index (χ1) is 8.61. The highest BCUT2D eigenvalue weighted by Gasteiger charge is 2.16. The van der Waals surface area contributed by atoms with Crippen molar-refractivity contribution in [1.82, 2.24) is 9.78 Å². The third-order valence-electron chi connectivity index (χ3n) is 2.39. The molecule has 18 heavy (non-hydrogen) atoms. The van der Waals surface area contributed by atoms with E-state index in [1.165, 1.54) is 0 Å². The molecule has 4 nitrogen and oxygen atoms in total. The summed E-state index contributed by atoms with van der Waals surface area (Å²) in [4.78, 5) is 11.8. The zero-order chi connectivity index (χ0) is 13.1. The van der Waals surface area contributed by atoms with Crippen molar-refractivity contribution in [1.29, 1.82) is 0 Å². The van der Waals surface area contributed by atoms with Crippen molar-refractivity contribution in [3.05, 3.63) is 46.7 Å². The number of hydrogen-bond donors (Lipinski definition) is 0. The summed E-state index contributed by atoms with van der Waals surface area (Å²) in [6, 6.07) is 8.81. The fourth-order valence-electron chi connectivity index (χ4n) is 1.63. The van der Waals surface area contributed by atoms with Crippen LogP contribution in [0.5, 0.6) is 0 Å². The number of rotatable bonds is 3. The van der Waals surface area contributed by atoms with Crippen LogP contribution in [0.15, 0.2) is 30.3 Å². The zero-order valence-corrected chi connectivity index (χ0v) is 10.9. The minimum Gasteiger partial charge on any atom is -0.461 e. The molecule has 0 bridgehead atoms. The minimum atomic E-state index is -0.381. The van der Waals surface area contributed by atoms with Crippen LogP contribution in [0.25, 0.3) is 5.69 Å². The number of benzene rings is 1. The molecule has 0 saturated carbocycles. The molecule has 1 aromatic carbocycles. The number of carbonyl (C=O) groups excluding carboxylic acids is 1. The molecule has 1 heterocycles. The number of aromatic nitrogens is 2. The summed E-state index contributed by atoms with van der Waals surface area (Å²) < 4.78 is 6.56. The van der Waals surface area contributed by atoms with Gasteiger partial charge in [-0.3, -0.25) is 0 Å². The van der Waals surface area contributed by atoms with Crippen molar-refractivity contribution in [3.63, 3.8) is 0 Å². The number of hydrogen-bond acceptors (Lipinski definition) is 3.